The highest BCUT2D eigenvalue weighted by molar-refractivity contribution is 7.92. The Bertz CT molecular complexity index is 1950. The summed E-state index contributed by atoms with van der Waals surface area (Å²) in [4.78, 5) is 30.5. The molecule has 11 nitrogen and oxygen atoms in total. The minimum atomic E-state index is -4.51. The van der Waals surface area contributed by atoms with Gasteiger partial charge in [0.2, 0.25) is 11.8 Å². The van der Waals surface area contributed by atoms with Gasteiger partial charge in [-0.3, -0.25) is 13.9 Å². The first-order chi connectivity index (χ1) is 25.1. The first-order valence-electron chi connectivity index (χ1n) is 16.9. The summed E-state index contributed by atoms with van der Waals surface area (Å²) in [6.07, 6.45) is 3.87. The van der Waals surface area contributed by atoms with Crippen molar-refractivity contribution in [1.82, 2.24) is 10.2 Å². The lowest BCUT2D eigenvalue weighted by Gasteiger charge is -2.34. The van der Waals surface area contributed by atoms with Crippen LogP contribution in [0.4, 0.5) is 5.69 Å². The van der Waals surface area contributed by atoms with E-state index in [2.05, 4.69) is 5.32 Å². The van der Waals surface area contributed by atoms with Gasteiger partial charge in [-0.15, -0.1) is 0 Å². The van der Waals surface area contributed by atoms with Crippen molar-refractivity contribution in [2.75, 3.05) is 39.3 Å². The molecule has 2 amide bonds. The van der Waals surface area contributed by atoms with Crippen molar-refractivity contribution in [3.05, 3.63) is 107 Å². The highest BCUT2D eigenvalue weighted by Crippen LogP contribution is 2.38. The molecule has 1 atom stereocenters. The van der Waals surface area contributed by atoms with E-state index in [4.69, 9.17) is 30.5 Å². The van der Waals surface area contributed by atoms with E-state index in [1.807, 2.05) is 30.3 Å². The fourth-order valence-corrected chi connectivity index (χ4v) is 7.97. The smallest absolute Gasteiger partial charge is 0.265 e. The van der Waals surface area contributed by atoms with Crippen molar-refractivity contribution in [3.63, 3.8) is 0 Å². The summed E-state index contributed by atoms with van der Waals surface area (Å²) in [7, 11) is 1.18. The molecule has 0 saturated heterocycles. The molecule has 5 rings (SSSR count). The Labute approximate surface area is 310 Å². The highest BCUT2D eigenvalue weighted by atomic mass is 35.5. The standard InChI is InChI=1S/C39H44ClN3O8S/c1-48-30-18-20-35(49-2)33(23-30)43(52(46,47)31-19-21-36(50-3)37(24-31)51-4)26-38(44)42(25-28-14-8-11-17-32(28)40)34(22-27-12-6-5-7-13-27)39(45)41-29-15-9-10-16-29/h5-8,11-14,17-21,23-24,29,34H,9-10,15-16,22,25-26H2,1-4H3,(H,41,45). The van der Waals surface area contributed by atoms with Gasteiger partial charge in [-0.25, -0.2) is 8.42 Å². The minimum absolute atomic E-state index is 0.0222. The maximum Gasteiger partial charge on any atom is 0.265 e. The van der Waals surface area contributed by atoms with Crippen LogP contribution >= 0.6 is 11.6 Å². The van der Waals surface area contributed by atoms with Gasteiger partial charge in [-0.2, -0.15) is 0 Å². The molecule has 1 fully saturated rings. The molecule has 1 aliphatic carbocycles. The summed E-state index contributed by atoms with van der Waals surface area (Å²) in [5.41, 5.74) is 1.48. The number of nitrogens with zero attached hydrogens (tertiary/aromatic N) is 2. The third-order valence-corrected chi connectivity index (χ3v) is 11.3. The van der Waals surface area contributed by atoms with Crippen LogP contribution in [0.1, 0.15) is 36.8 Å². The van der Waals surface area contributed by atoms with Crippen LogP contribution in [0.15, 0.2) is 95.9 Å². The van der Waals surface area contributed by atoms with Crippen molar-refractivity contribution in [2.24, 2.45) is 0 Å². The van der Waals surface area contributed by atoms with Crippen molar-refractivity contribution in [3.8, 4) is 23.0 Å². The largest absolute Gasteiger partial charge is 0.497 e. The molecule has 1 N–H and O–H groups in total. The Morgan fingerprint density at radius 2 is 1.46 bits per heavy atom. The van der Waals surface area contributed by atoms with Gasteiger partial charge in [-0.05, 0) is 54.3 Å². The van der Waals surface area contributed by atoms with Gasteiger partial charge in [0.15, 0.2) is 11.5 Å². The Balaban J connectivity index is 1.65. The lowest BCUT2D eigenvalue weighted by atomic mass is 10.0. The number of ether oxygens (including phenoxy) is 4. The van der Waals surface area contributed by atoms with Crippen LogP contribution in [0.3, 0.4) is 0 Å². The molecule has 52 heavy (non-hydrogen) atoms. The van der Waals surface area contributed by atoms with Crippen molar-refractivity contribution in [1.29, 1.82) is 0 Å². The monoisotopic (exact) mass is 749 g/mol. The van der Waals surface area contributed by atoms with Crippen molar-refractivity contribution >= 4 is 39.1 Å². The van der Waals surface area contributed by atoms with E-state index in [9.17, 15) is 18.0 Å². The van der Waals surface area contributed by atoms with Crippen molar-refractivity contribution in [2.45, 2.75) is 55.6 Å². The molecule has 0 bridgehead atoms. The third kappa shape index (κ3) is 8.91. The Hall–Kier alpha value is -4.94. The molecule has 0 heterocycles. The zero-order valence-corrected chi connectivity index (χ0v) is 31.3. The molecule has 1 saturated carbocycles. The molecule has 4 aromatic rings. The van der Waals surface area contributed by atoms with E-state index in [-0.39, 0.29) is 47.0 Å². The number of sulfonamides is 1. The quantitative estimate of drug-likeness (QED) is 0.142. The predicted molar refractivity (Wildman–Crippen MR) is 200 cm³/mol. The summed E-state index contributed by atoms with van der Waals surface area (Å²) in [6, 6.07) is 24.3. The molecular weight excluding hydrogens is 706 g/mol. The van der Waals surface area contributed by atoms with Crippen molar-refractivity contribution < 1.29 is 37.0 Å². The Morgan fingerprint density at radius 1 is 0.808 bits per heavy atom. The van der Waals surface area contributed by atoms with Crippen LogP contribution in [0.2, 0.25) is 5.02 Å². The number of anilines is 1. The van der Waals surface area contributed by atoms with Crippen LogP contribution < -0.4 is 28.6 Å². The normalized spacial score (nSPS) is 13.6. The first-order valence-corrected chi connectivity index (χ1v) is 18.7. The van der Waals surface area contributed by atoms with Gasteiger partial charge in [0.25, 0.3) is 10.0 Å². The lowest BCUT2D eigenvalue weighted by Crippen LogP contribution is -2.54. The van der Waals surface area contributed by atoms with Gasteiger partial charge in [0.05, 0.1) is 39.0 Å². The molecule has 13 heteroatoms. The number of rotatable bonds is 16. The van der Waals surface area contributed by atoms with Gasteiger partial charge < -0.3 is 29.2 Å². The second-order valence-electron chi connectivity index (χ2n) is 12.4. The summed E-state index contributed by atoms with van der Waals surface area (Å²) in [5.74, 6) is 0.0442. The first kappa shape index (κ1) is 38.3. The van der Waals surface area contributed by atoms with E-state index >= 15 is 0 Å². The Morgan fingerprint density at radius 3 is 2.12 bits per heavy atom. The average molecular weight is 750 g/mol. The third-order valence-electron chi connectivity index (χ3n) is 9.15. The summed E-state index contributed by atoms with van der Waals surface area (Å²) in [6.45, 7) is -0.764. The predicted octanol–water partition coefficient (Wildman–Crippen LogP) is 6.27. The number of hydrogen-bond acceptors (Lipinski definition) is 8. The summed E-state index contributed by atoms with van der Waals surface area (Å²) in [5, 5.41) is 3.57. The van der Waals surface area contributed by atoms with E-state index < -0.39 is 28.5 Å². The Kier molecular flexibility index (Phi) is 12.9. The summed E-state index contributed by atoms with van der Waals surface area (Å²) < 4.78 is 52.3. The van der Waals surface area contributed by atoms with Crippen LogP contribution in [-0.4, -0.2) is 72.2 Å². The van der Waals surface area contributed by atoms with E-state index in [0.29, 0.717) is 22.1 Å². The highest BCUT2D eigenvalue weighted by Gasteiger charge is 2.37. The SMILES string of the molecule is COc1ccc(OC)c(N(CC(=O)N(Cc2ccccc2Cl)C(Cc2ccccc2)C(=O)NC2CCCC2)S(=O)(=O)c2ccc(OC)c(OC)c2)c1. The average Bonchev–Trinajstić information content (AvgIpc) is 3.68. The number of benzene rings is 4. The van der Waals surface area contributed by atoms with Gasteiger partial charge in [0, 0.05) is 36.2 Å². The molecule has 0 spiro atoms. The molecule has 4 aromatic carbocycles. The molecule has 1 aliphatic rings. The van der Waals surface area contributed by atoms with Gasteiger partial charge in [-0.1, -0.05) is 73.0 Å². The number of nitrogens with one attached hydrogen (secondary N) is 1. The maximum atomic E-state index is 15.0. The zero-order chi connectivity index (χ0) is 37.3. The van der Waals surface area contributed by atoms with E-state index in [1.54, 1.807) is 36.4 Å². The van der Waals surface area contributed by atoms with E-state index in [0.717, 1.165) is 35.6 Å². The van der Waals surface area contributed by atoms with Crippen LogP contribution in [0.5, 0.6) is 23.0 Å². The molecule has 0 aromatic heterocycles. The fraction of sp³-hybridized carbons (Fsp3) is 0.333. The number of methoxy groups -OCH3 is 4. The molecule has 1 unspecified atom stereocenters. The number of hydrogen-bond donors (Lipinski definition) is 1. The van der Waals surface area contributed by atoms with Crippen LogP contribution in [0, 0.1) is 0 Å². The van der Waals surface area contributed by atoms with Gasteiger partial charge >= 0.3 is 0 Å². The second-order valence-corrected chi connectivity index (χ2v) is 14.6. The minimum Gasteiger partial charge on any atom is -0.497 e. The van der Waals surface area contributed by atoms with E-state index in [1.165, 1.54) is 57.6 Å². The van der Waals surface area contributed by atoms with Crippen LogP contribution in [-0.2, 0) is 32.6 Å². The number of halogens is 1. The fourth-order valence-electron chi connectivity index (χ4n) is 6.34. The number of carbonyl (C=O) groups excluding carboxylic acids is 2. The molecule has 276 valence electrons. The molecule has 0 aliphatic heterocycles. The zero-order valence-electron chi connectivity index (χ0n) is 29.7. The number of amides is 2. The maximum absolute atomic E-state index is 15.0. The number of carbonyl (C=O) groups is 2. The summed E-state index contributed by atoms with van der Waals surface area (Å²) >= 11 is 6.64. The molecular formula is C39H44ClN3O8S. The molecule has 0 radical (unpaired) electrons. The second kappa shape index (κ2) is 17.5. The van der Waals surface area contributed by atoms with Gasteiger partial charge in [0.1, 0.15) is 24.1 Å². The van der Waals surface area contributed by atoms with Crippen LogP contribution in [0.25, 0.3) is 0 Å². The topological polar surface area (TPSA) is 124 Å². The lowest BCUT2D eigenvalue weighted by molar-refractivity contribution is -0.140.